The number of Topliss-reactive ketones (excluding diaryl/α,β-unsaturated/α-hetero) is 1. The lowest BCUT2D eigenvalue weighted by atomic mass is 9.86. The Kier molecular flexibility index (Phi) is 5.26. The number of rotatable bonds is 6. The summed E-state index contributed by atoms with van der Waals surface area (Å²) in [7, 11) is 2.98. The molecule has 0 aromatic heterocycles. The molecule has 0 saturated carbocycles. The summed E-state index contributed by atoms with van der Waals surface area (Å²) >= 11 is 0. The van der Waals surface area contributed by atoms with Gasteiger partial charge in [-0.05, 0) is 19.0 Å². The number of hydrogen-bond acceptors (Lipinski definition) is 5. The molecule has 1 atom stereocenters. The van der Waals surface area contributed by atoms with E-state index in [4.69, 9.17) is 15.2 Å². The van der Waals surface area contributed by atoms with Crippen molar-refractivity contribution in [1.29, 1.82) is 0 Å². The van der Waals surface area contributed by atoms with Crippen LogP contribution in [0.5, 0.6) is 11.5 Å². The number of carbonyl (C=O) groups excluding carboxylic acids is 2. The molecular formula is C17H24N2O4. The van der Waals surface area contributed by atoms with Crippen LogP contribution in [0.25, 0.3) is 0 Å². The molecule has 0 aliphatic carbocycles. The summed E-state index contributed by atoms with van der Waals surface area (Å²) in [5.41, 5.74) is 6.94. The molecule has 1 unspecified atom stereocenters. The average Bonchev–Trinajstić information content (AvgIpc) is 3.05. The van der Waals surface area contributed by atoms with Gasteiger partial charge in [-0.25, -0.2) is 0 Å². The Labute approximate surface area is 136 Å². The molecule has 6 nitrogen and oxygen atoms in total. The minimum atomic E-state index is -0.644. The minimum Gasteiger partial charge on any atom is -0.493 e. The summed E-state index contributed by atoms with van der Waals surface area (Å²) in [4.78, 5) is 24.5. The first-order valence-corrected chi connectivity index (χ1v) is 7.75. The fourth-order valence-corrected chi connectivity index (χ4v) is 3.06. The minimum absolute atomic E-state index is 0.0321. The Hall–Kier alpha value is -2.08. The lowest BCUT2D eigenvalue weighted by molar-refractivity contribution is 0.0937. The van der Waals surface area contributed by atoms with Gasteiger partial charge in [0.25, 0.3) is 5.91 Å². The first kappa shape index (κ1) is 17.3. The summed E-state index contributed by atoms with van der Waals surface area (Å²) in [6, 6.07) is 1.56. The Balaban J connectivity index is 2.78. The van der Waals surface area contributed by atoms with E-state index in [2.05, 4.69) is 5.32 Å². The maximum absolute atomic E-state index is 12.7. The fourth-order valence-electron chi connectivity index (χ4n) is 3.06. The molecule has 1 aliphatic rings. The van der Waals surface area contributed by atoms with Gasteiger partial charge in [-0.1, -0.05) is 13.8 Å². The van der Waals surface area contributed by atoms with Gasteiger partial charge in [0.2, 0.25) is 0 Å². The SMILES string of the molecule is COc1c(C(N)=O)cc(C(=O)C(C)C)c(C2CCNC2)c1OC. The first-order chi connectivity index (χ1) is 10.9. The van der Waals surface area contributed by atoms with E-state index < -0.39 is 5.91 Å². The quantitative estimate of drug-likeness (QED) is 0.779. The van der Waals surface area contributed by atoms with E-state index in [-0.39, 0.29) is 23.2 Å². The molecule has 0 spiro atoms. The Morgan fingerprint density at radius 3 is 2.30 bits per heavy atom. The molecule has 1 fully saturated rings. The van der Waals surface area contributed by atoms with Gasteiger partial charge in [-0.2, -0.15) is 0 Å². The molecule has 2 rings (SSSR count). The van der Waals surface area contributed by atoms with Crippen LogP contribution in [0.4, 0.5) is 0 Å². The molecule has 23 heavy (non-hydrogen) atoms. The van der Waals surface area contributed by atoms with Crippen molar-refractivity contribution in [3.63, 3.8) is 0 Å². The van der Waals surface area contributed by atoms with Gasteiger partial charge >= 0.3 is 0 Å². The summed E-state index contributed by atoms with van der Waals surface area (Å²) in [6.45, 7) is 5.30. The van der Waals surface area contributed by atoms with E-state index in [1.807, 2.05) is 13.8 Å². The zero-order chi connectivity index (χ0) is 17.1. The third kappa shape index (κ3) is 3.17. The van der Waals surface area contributed by atoms with Gasteiger partial charge in [0.15, 0.2) is 17.3 Å². The fraction of sp³-hybridized carbons (Fsp3) is 0.529. The van der Waals surface area contributed by atoms with Crippen molar-refractivity contribution in [1.82, 2.24) is 5.32 Å². The Morgan fingerprint density at radius 2 is 1.87 bits per heavy atom. The van der Waals surface area contributed by atoms with Crippen molar-refractivity contribution in [2.45, 2.75) is 26.2 Å². The maximum atomic E-state index is 12.7. The Morgan fingerprint density at radius 1 is 1.22 bits per heavy atom. The van der Waals surface area contributed by atoms with E-state index >= 15 is 0 Å². The topological polar surface area (TPSA) is 90.7 Å². The van der Waals surface area contributed by atoms with Crippen LogP contribution in [0.1, 0.15) is 52.5 Å². The molecule has 0 radical (unpaired) electrons. The standard InChI is InChI=1S/C17H24N2O4/c1-9(2)14(20)11-7-12(17(18)21)15(22-3)16(23-4)13(11)10-5-6-19-8-10/h7,9-10,19H,5-6,8H2,1-4H3,(H2,18,21). The van der Waals surface area contributed by atoms with Gasteiger partial charge in [0.05, 0.1) is 19.8 Å². The van der Waals surface area contributed by atoms with Crippen LogP contribution < -0.4 is 20.5 Å². The number of amides is 1. The van der Waals surface area contributed by atoms with Gasteiger partial charge in [0, 0.05) is 29.5 Å². The van der Waals surface area contributed by atoms with Gasteiger partial charge < -0.3 is 20.5 Å². The van der Waals surface area contributed by atoms with E-state index in [0.29, 0.717) is 17.1 Å². The summed E-state index contributed by atoms with van der Waals surface area (Å²) in [5, 5.41) is 3.29. The van der Waals surface area contributed by atoms with Crippen molar-refractivity contribution in [2.24, 2.45) is 11.7 Å². The van der Waals surface area contributed by atoms with Crippen molar-refractivity contribution >= 4 is 11.7 Å². The molecular weight excluding hydrogens is 296 g/mol. The predicted molar refractivity (Wildman–Crippen MR) is 87.5 cm³/mol. The van der Waals surface area contributed by atoms with Crippen molar-refractivity contribution in [3.8, 4) is 11.5 Å². The molecule has 1 amide bonds. The van der Waals surface area contributed by atoms with Crippen LogP contribution in [0.3, 0.4) is 0 Å². The average molecular weight is 320 g/mol. The third-order valence-electron chi connectivity index (χ3n) is 4.21. The third-order valence-corrected chi connectivity index (χ3v) is 4.21. The first-order valence-electron chi connectivity index (χ1n) is 7.75. The zero-order valence-electron chi connectivity index (χ0n) is 14.1. The molecule has 0 bridgehead atoms. The number of methoxy groups -OCH3 is 2. The highest BCUT2D eigenvalue weighted by Crippen LogP contribution is 2.43. The molecule has 1 aromatic rings. The number of ether oxygens (including phenoxy) is 2. The lowest BCUT2D eigenvalue weighted by Gasteiger charge is -2.23. The number of ketones is 1. The molecule has 3 N–H and O–H groups in total. The normalized spacial score (nSPS) is 17.3. The molecule has 1 aliphatic heterocycles. The number of hydrogen-bond donors (Lipinski definition) is 2. The Bertz CT molecular complexity index is 620. The molecule has 1 heterocycles. The number of primary amides is 1. The number of benzene rings is 1. The largest absolute Gasteiger partial charge is 0.493 e. The summed E-state index contributed by atoms with van der Waals surface area (Å²) in [5.74, 6) is -0.00599. The van der Waals surface area contributed by atoms with Crippen LogP contribution in [0.15, 0.2) is 6.07 Å². The maximum Gasteiger partial charge on any atom is 0.252 e. The van der Waals surface area contributed by atoms with Crippen molar-refractivity contribution < 1.29 is 19.1 Å². The van der Waals surface area contributed by atoms with Crippen LogP contribution in [0.2, 0.25) is 0 Å². The van der Waals surface area contributed by atoms with E-state index in [1.54, 1.807) is 6.07 Å². The highest BCUT2D eigenvalue weighted by molar-refractivity contribution is 6.05. The van der Waals surface area contributed by atoms with Crippen molar-refractivity contribution in [3.05, 3.63) is 22.8 Å². The summed E-state index contributed by atoms with van der Waals surface area (Å²) < 4.78 is 10.9. The molecule has 1 aromatic carbocycles. The van der Waals surface area contributed by atoms with Crippen molar-refractivity contribution in [2.75, 3.05) is 27.3 Å². The van der Waals surface area contributed by atoms with E-state index in [0.717, 1.165) is 25.1 Å². The van der Waals surface area contributed by atoms with Crippen LogP contribution in [-0.4, -0.2) is 39.0 Å². The van der Waals surface area contributed by atoms with Gasteiger partial charge in [0.1, 0.15) is 0 Å². The second-order valence-corrected chi connectivity index (χ2v) is 6.02. The van der Waals surface area contributed by atoms with E-state index in [9.17, 15) is 9.59 Å². The highest BCUT2D eigenvalue weighted by Gasteiger charge is 2.31. The smallest absolute Gasteiger partial charge is 0.252 e. The lowest BCUT2D eigenvalue weighted by Crippen LogP contribution is -2.20. The molecule has 6 heteroatoms. The number of nitrogens with one attached hydrogen (secondary N) is 1. The van der Waals surface area contributed by atoms with Gasteiger partial charge in [-0.3, -0.25) is 9.59 Å². The summed E-state index contributed by atoms with van der Waals surface area (Å²) in [6.07, 6.45) is 0.897. The highest BCUT2D eigenvalue weighted by atomic mass is 16.5. The predicted octanol–water partition coefficient (Wildman–Crippen LogP) is 1.72. The molecule has 1 saturated heterocycles. The second kappa shape index (κ2) is 7.00. The van der Waals surface area contributed by atoms with Gasteiger partial charge in [-0.15, -0.1) is 0 Å². The number of carbonyl (C=O) groups is 2. The second-order valence-electron chi connectivity index (χ2n) is 6.02. The monoisotopic (exact) mass is 320 g/mol. The molecule has 126 valence electrons. The van der Waals surface area contributed by atoms with Crippen LogP contribution >= 0.6 is 0 Å². The van der Waals surface area contributed by atoms with E-state index in [1.165, 1.54) is 14.2 Å². The number of nitrogens with two attached hydrogens (primary N) is 1. The van der Waals surface area contributed by atoms with Crippen LogP contribution in [0, 0.1) is 5.92 Å². The zero-order valence-corrected chi connectivity index (χ0v) is 14.1. The van der Waals surface area contributed by atoms with Crippen LogP contribution in [-0.2, 0) is 0 Å².